The van der Waals surface area contributed by atoms with Crippen molar-refractivity contribution in [2.75, 3.05) is 62.7 Å². The van der Waals surface area contributed by atoms with Crippen molar-refractivity contribution in [1.82, 2.24) is 19.8 Å². The van der Waals surface area contributed by atoms with Gasteiger partial charge >= 0.3 is 0 Å². The number of anilines is 3. The number of amides is 1. The molecule has 46 heavy (non-hydrogen) atoms. The van der Waals surface area contributed by atoms with Crippen LogP contribution in [0, 0.1) is 17.2 Å². The van der Waals surface area contributed by atoms with Gasteiger partial charge in [0.25, 0.3) is 5.91 Å². The van der Waals surface area contributed by atoms with E-state index in [1.54, 1.807) is 44.3 Å². The van der Waals surface area contributed by atoms with E-state index in [1.807, 2.05) is 12.1 Å². The van der Waals surface area contributed by atoms with Crippen LogP contribution in [-0.2, 0) is 9.53 Å². The molecule has 11 nitrogen and oxygen atoms in total. The van der Waals surface area contributed by atoms with Gasteiger partial charge in [-0.2, -0.15) is 5.26 Å². The molecule has 1 amide bonds. The minimum absolute atomic E-state index is 0.169. The van der Waals surface area contributed by atoms with E-state index >= 15 is 4.39 Å². The van der Waals surface area contributed by atoms with Gasteiger partial charge in [-0.25, -0.2) is 14.4 Å². The number of rotatable bonds is 9. The number of carbonyl (C=O) groups excluding carboxylic acids is 1. The molecule has 3 saturated heterocycles. The summed E-state index contributed by atoms with van der Waals surface area (Å²) >= 11 is 0. The van der Waals surface area contributed by atoms with Crippen molar-refractivity contribution in [3.05, 3.63) is 60.3 Å². The first-order chi connectivity index (χ1) is 22.3. The van der Waals surface area contributed by atoms with Crippen LogP contribution in [0.15, 0.2) is 54.7 Å². The first kappa shape index (κ1) is 31.7. The molecule has 0 saturated carbocycles. The monoisotopic (exact) mass is 629 g/mol. The standard InChI is InChI=1S/C34H40FN7O4/c1-22(2)32(43)34(44)42-12-10-30(28(35)19-42)46-29-8-3-23(17-24(29)18-36)33-37-11-9-31(39-33)38-25-4-6-26(7-5-25)40-13-15-41(16-14-40)27-20-45-21-27/h3-9,11,17,22,27-28,30,32,43H,10,12-16,19-21H2,1-2H3,(H,37,38,39)/t28-,30+,32+/m1/s1. The average molecular weight is 630 g/mol. The molecular weight excluding hydrogens is 589 g/mol. The highest BCUT2D eigenvalue weighted by atomic mass is 19.1. The number of ether oxygens (including phenoxy) is 2. The summed E-state index contributed by atoms with van der Waals surface area (Å²) in [7, 11) is 0. The molecule has 6 rings (SSSR count). The molecule has 12 heteroatoms. The van der Waals surface area contributed by atoms with E-state index in [0.717, 1.165) is 45.1 Å². The smallest absolute Gasteiger partial charge is 0.251 e. The van der Waals surface area contributed by atoms with Crippen molar-refractivity contribution in [1.29, 1.82) is 5.26 Å². The SMILES string of the molecule is CC(C)[C@H](O)C(=O)N1CC[C@H](Oc2ccc(-c3nccc(Nc4ccc(N5CCN(C6COC6)CC5)cc4)n3)cc2C#N)[C@H](F)C1. The molecule has 3 aliphatic rings. The van der Waals surface area contributed by atoms with Gasteiger partial charge in [-0.1, -0.05) is 13.8 Å². The third kappa shape index (κ3) is 7.07. The van der Waals surface area contributed by atoms with Crippen molar-refractivity contribution in [3.63, 3.8) is 0 Å². The highest BCUT2D eigenvalue weighted by Gasteiger charge is 2.36. The molecular formula is C34H40FN7O4. The minimum Gasteiger partial charge on any atom is -0.486 e. The maximum Gasteiger partial charge on any atom is 0.251 e. The molecule has 242 valence electrons. The summed E-state index contributed by atoms with van der Waals surface area (Å²) in [5.74, 6) is 0.563. The third-order valence-electron chi connectivity index (χ3n) is 8.93. The van der Waals surface area contributed by atoms with Crippen LogP contribution in [0.1, 0.15) is 25.8 Å². The van der Waals surface area contributed by atoms with Gasteiger partial charge in [0.1, 0.15) is 29.8 Å². The number of aliphatic hydroxyl groups is 1. The molecule has 3 aromatic rings. The van der Waals surface area contributed by atoms with Crippen molar-refractivity contribution in [2.45, 2.75) is 44.7 Å². The lowest BCUT2D eigenvalue weighted by Crippen LogP contribution is -2.56. The van der Waals surface area contributed by atoms with Gasteiger partial charge in [0.05, 0.1) is 31.4 Å². The lowest BCUT2D eigenvalue weighted by molar-refractivity contribution is -0.146. The van der Waals surface area contributed by atoms with E-state index in [9.17, 15) is 15.2 Å². The number of benzene rings is 2. The summed E-state index contributed by atoms with van der Waals surface area (Å²) in [5, 5.41) is 23.3. The summed E-state index contributed by atoms with van der Waals surface area (Å²) in [6.07, 6.45) is -1.54. The minimum atomic E-state index is -1.46. The van der Waals surface area contributed by atoms with Gasteiger partial charge in [-0.3, -0.25) is 9.69 Å². The molecule has 2 N–H and O–H groups in total. The molecule has 0 bridgehead atoms. The van der Waals surface area contributed by atoms with Crippen molar-refractivity contribution in [2.24, 2.45) is 5.92 Å². The summed E-state index contributed by atoms with van der Waals surface area (Å²) in [5.41, 5.74) is 2.94. The van der Waals surface area contributed by atoms with Crippen LogP contribution < -0.4 is 15.0 Å². The van der Waals surface area contributed by atoms with Crippen molar-refractivity contribution < 1.29 is 23.8 Å². The highest BCUT2D eigenvalue weighted by molar-refractivity contribution is 5.81. The maximum absolute atomic E-state index is 15.1. The molecule has 0 unspecified atom stereocenters. The number of likely N-dealkylation sites (tertiary alicyclic amines) is 1. The predicted octanol–water partition coefficient (Wildman–Crippen LogP) is 3.61. The van der Waals surface area contributed by atoms with E-state index in [0.29, 0.717) is 23.2 Å². The number of alkyl halides is 1. The number of nitriles is 1. The zero-order valence-electron chi connectivity index (χ0n) is 26.2. The fraction of sp³-hybridized carbons (Fsp3) is 0.471. The van der Waals surface area contributed by atoms with Crippen LogP contribution in [0.25, 0.3) is 11.4 Å². The number of aliphatic hydroxyl groups excluding tert-OH is 1. The summed E-state index contributed by atoms with van der Waals surface area (Å²) in [4.78, 5) is 27.8. The van der Waals surface area contributed by atoms with Gasteiger partial charge in [0, 0.05) is 62.3 Å². The summed E-state index contributed by atoms with van der Waals surface area (Å²) < 4.78 is 26.3. The number of piperazine rings is 1. The molecule has 2 aromatic carbocycles. The van der Waals surface area contributed by atoms with Gasteiger partial charge in [-0.15, -0.1) is 0 Å². The highest BCUT2D eigenvalue weighted by Crippen LogP contribution is 2.29. The summed E-state index contributed by atoms with van der Waals surface area (Å²) in [6.45, 7) is 9.34. The number of piperidine rings is 1. The zero-order chi connectivity index (χ0) is 32.2. The number of nitrogens with one attached hydrogen (secondary N) is 1. The molecule has 3 aliphatic heterocycles. The van der Waals surface area contributed by atoms with Crippen molar-refractivity contribution in [3.8, 4) is 23.2 Å². The Morgan fingerprint density at radius 2 is 1.87 bits per heavy atom. The van der Waals surface area contributed by atoms with E-state index in [4.69, 9.17) is 9.47 Å². The number of hydrogen-bond acceptors (Lipinski definition) is 10. The molecule has 1 aromatic heterocycles. The average Bonchev–Trinajstić information content (AvgIpc) is 3.05. The molecule has 0 spiro atoms. The van der Waals surface area contributed by atoms with Crippen LogP contribution in [0.2, 0.25) is 0 Å². The molecule has 3 atom stereocenters. The number of carbonyl (C=O) groups is 1. The Bertz CT molecular complexity index is 1550. The Morgan fingerprint density at radius 1 is 1.11 bits per heavy atom. The van der Waals surface area contributed by atoms with Crippen LogP contribution in [0.3, 0.4) is 0 Å². The molecule has 4 heterocycles. The first-order valence-corrected chi connectivity index (χ1v) is 15.9. The molecule has 0 aliphatic carbocycles. The van der Waals surface area contributed by atoms with E-state index in [2.05, 4.69) is 43.3 Å². The van der Waals surface area contributed by atoms with Crippen LogP contribution in [0.5, 0.6) is 5.75 Å². The van der Waals surface area contributed by atoms with Gasteiger partial charge in [0.15, 0.2) is 12.0 Å². The molecule has 3 fully saturated rings. The lowest BCUT2D eigenvalue weighted by atomic mass is 10.0. The third-order valence-corrected chi connectivity index (χ3v) is 8.93. The topological polar surface area (TPSA) is 127 Å². The Balaban J connectivity index is 1.06. The van der Waals surface area contributed by atoms with Crippen LogP contribution in [-0.4, -0.2) is 108 Å². The van der Waals surface area contributed by atoms with Crippen LogP contribution >= 0.6 is 0 Å². The fourth-order valence-corrected chi connectivity index (χ4v) is 5.96. The fourth-order valence-electron chi connectivity index (χ4n) is 5.96. The maximum atomic E-state index is 15.1. The summed E-state index contributed by atoms with van der Waals surface area (Å²) in [6, 6.07) is 17.8. The Labute approximate surface area is 268 Å². The van der Waals surface area contributed by atoms with Gasteiger partial charge in [0.2, 0.25) is 0 Å². The first-order valence-electron chi connectivity index (χ1n) is 15.9. The number of halogens is 1. The number of aromatic nitrogens is 2. The second-order valence-corrected chi connectivity index (χ2v) is 12.4. The van der Waals surface area contributed by atoms with Crippen LogP contribution in [0.4, 0.5) is 21.6 Å². The zero-order valence-corrected chi connectivity index (χ0v) is 26.2. The number of hydrogen-bond donors (Lipinski definition) is 2. The van der Waals surface area contributed by atoms with E-state index in [1.165, 1.54) is 10.6 Å². The van der Waals surface area contributed by atoms with E-state index in [-0.39, 0.29) is 36.7 Å². The van der Waals surface area contributed by atoms with E-state index < -0.39 is 24.3 Å². The largest absolute Gasteiger partial charge is 0.486 e. The Kier molecular flexibility index (Phi) is 9.63. The molecule has 0 radical (unpaired) electrons. The Morgan fingerprint density at radius 3 is 2.52 bits per heavy atom. The quantitative estimate of drug-likeness (QED) is 0.363. The number of nitrogens with zero attached hydrogens (tertiary/aromatic N) is 6. The van der Waals surface area contributed by atoms with Gasteiger partial charge < -0.3 is 29.7 Å². The van der Waals surface area contributed by atoms with Crippen molar-refractivity contribution >= 4 is 23.1 Å². The lowest BCUT2D eigenvalue weighted by Gasteiger charge is -2.43. The normalized spacial score (nSPS) is 21.4. The van der Waals surface area contributed by atoms with Gasteiger partial charge in [-0.05, 0) is 54.4 Å². The predicted molar refractivity (Wildman–Crippen MR) is 172 cm³/mol. The Hall–Kier alpha value is -4.31. The second-order valence-electron chi connectivity index (χ2n) is 12.4. The second kappa shape index (κ2) is 14.0.